The first-order valence-corrected chi connectivity index (χ1v) is 7.43. The van der Waals surface area contributed by atoms with Crippen molar-refractivity contribution in [3.8, 4) is 0 Å². The van der Waals surface area contributed by atoms with E-state index in [2.05, 4.69) is 4.90 Å². The summed E-state index contributed by atoms with van der Waals surface area (Å²) in [5.41, 5.74) is 5.52. The van der Waals surface area contributed by atoms with E-state index in [1.807, 2.05) is 4.90 Å². The van der Waals surface area contributed by atoms with Crippen LogP contribution in [0.15, 0.2) is 0 Å². The van der Waals surface area contributed by atoms with Crippen LogP contribution in [0.5, 0.6) is 0 Å². The van der Waals surface area contributed by atoms with Crippen LogP contribution >= 0.6 is 0 Å². The van der Waals surface area contributed by atoms with Crippen molar-refractivity contribution in [3.05, 3.63) is 0 Å². The fourth-order valence-electron chi connectivity index (χ4n) is 2.75. The van der Waals surface area contributed by atoms with Gasteiger partial charge in [-0.25, -0.2) is 0 Å². The molecule has 0 bridgehead atoms. The smallest absolute Gasteiger partial charge is 0.242 e. The van der Waals surface area contributed by atoms with Crippen LogP contribution < -0.4 is 5.73 Å². The zero-order valence-corrected chi connectivity index (χ0v) is 12.6. The summed E-state index contributed by atoms with van der Waals surface area (Å²) < 4.78 is 0. The molecule has 1 aliphatic heterocycles. The molecule has 6 nitrogen and oxygen atoms in total. The third kappa shape index (κ3) is 3.30. The summed E-state index contributed by atoms with van der Waals surface area (Å²) >= 11 is 0. The number of hydrogen-bond acceptors (Lipinski definition) is 4. The highest BCUT2D eigenvalue weighted by atomic mass is 16.2. The molecule has 2 rings (SSSR count). The van der Waals surface area contributed by atoms with Crippen molar-refractivity contribution in [1.29, 1.82) is 0 Å². The third-order valence-electron chi connectivity index (χ3n) is 4.41. The first-order valence-electron chi connectivity index (χ1n) is 7.43. The van der Waals surface area contributed by atoms with Crippen molar-refractivity contribution in [1.82, 2.24) is 14.7 Å². The largest absolute Gasteiger partial charge is 0.348 e. The topological polar surface area (TPSA) is 69.9 Å². The lowest BCUT2D eigenvalue weighted by Crippen LogP contribution is -2.60. The van der Waals surface area contributed by atoms with Gasteiger partial charge >= 0.3 is 0 Å². The molecule has 1 aliphatic carbocycles. The maximum atomic E-state index is 12.4. The van der Waals surface area contributed by atoms with Gasteiger partial charge in [0.2, 0.25) is 11.8 Å². The summed E-state index contributed by atoms with van der Waals surface area (Å²) in [6.45, 7) is 3.48. The third-order valence-corrected chi connectivity index (χ3v) is 4.41. The monoisotopic (exact) mass is 282 g/mol. The van der Waals surface area contributed by atoms with E-state index >= 15 is 0 Å². The quantitative estimate of drug-likeness (QED) is 0.757. The first-order chi connectivity index (χ1) is 9.42. The molecule has 0 aromatic carbocycles. The van der Waals surface area contributed by atoms with Crippen LogP contribution in [0.2, 0.25) is 0 Å². The van der Waals surface area contributed by atoms with Gasteiger partial charge in [-0.15, -0.1) is 0 Å². The predicted octanol–water partition coefficient (Wildman–Crippen LogP) is -0.510. The molecular formula is C14H26N4O2. The number of nitrogens with zero attached hydrogens (tertiary/aromatic N) is 3. The number of rotatable bonds is 3. The molecule has 2 fully saturated rings. The molecule has 1 saturated carbocycles. The molecule has 1 saturated heterocycles. The Bertz CT molecular complexity index is 379. The molecule has 0 aromatic heterocycles. The van der Waals surface area contributed by atoms with Gasteiger partial charge in [-0.05, 0) is 25.7 Å². The maximum absolute atomic E-state index is 12.4. The van der Waals surface area contributed by atoms with Crippen LogP contribution in [0.4, 0.5) is 0 Å². The number of carbonyl (C=O) groups is 2. The molecule has 6 heteroatoms. The molecular weight excluding hydrogens is 256 g/mol. The SMILES string of the molecule is CN(C)C(=O)CN1CCCN(C(=O)C2(N)CCC2)CC1. The minimum Gasteiger partial charge on any atom is -0.348 e. The fourth-order valence-corrected chi connectivity index (χ4v) is 2.75. The Morgan fingerprint density at radius 2 is 1.80 bits per heavy atom. The van der Waals surface area contributed by atoms with Gasteiger partial charge in [0.1, 0.15) is 0 Å². The molecule has 0 unspecified atom stereocenters. The van der Waals surface area contributed by atoms with Crippen LogP contribution in [-0.4, -0.2) is 78.9 Å². The molecule has 1 heterocycles. The molecule has 20 heavy (non-hydrogen) atoms. The summed E-state index contributed by atoms with van der Waals surface area (Å²) in [6, 6.07) is 0. The Morgan fingerprint density at radius 3 is 2.35 bits per heavy atom. The normalized spacial score (nSPS) is 22.9. The molecule has 0 atom stereocenters. The summed E-state index contributed by atoms with van der Waals surface area (Å²) in [6.07, 6.45) is 3.58. The van der Waals surface area contributed by atoms with Gasteiger partial charge in [0.05, 0.1) is 12.1 Å². The van der Waals surface area contributed by atoms with Gasteiger partial charge in [-0.3, -0.25) is 14.5 Å². The second kappa shape index (κ2) is 6.10. The number of hydrogen-bond donors (Lipinski definition) is 1. The van der Waals surface area contributed by atoms with Gasteiger partial charge in [0.15, 0.2) is 0 Å². The lowest BCUT2D eigenvalue weighted by molar-refractivity contribution is -0.140. The summed E-state index contributed by atoms with van der Waals surface area (Å²) in [5.74, 6) is 0.212. The zero-order valence-electron chi connectivity index (χ0n) is 12.6. The standard InChI is InChI=1S/C14H26N4O2/c1-16(2)12(19)11-17-7-4-8-18(10-9-17)13(20)14(15)5-3-6-14/h3-11,15H2,1-2H3. The highest BCUT2D eigenvalue weighted by Crippen LogP contribution is 2.31. The van der Waals surface area contributed by atoms with E-state index in [1.165, 1.54) is 0 Å². The van der Waals surface area contributed by atoms with Gasteiger partial charge in [-0.1, -0.05) is 0 Å². The van der Waals surface area contributed by atoms with Gasteiger partial charge < -0.3 is 15.5 Å². The number of nitrogens with two attached hydrogens (primary N) is 1. The van der Waals surface area contributed by atoms with E-state index in [0.29, 0.717) is 13.1 Å². The summed E-state index contributed by atoms with van der Waals surface area (Å²) in [4.78, 5) is 29.8. The van der Waals surface area contributed by atoms with Crippen LogP contribution in [-0.2, 0) is 9.59 Å². The van der Waals surface area contributed by atoms with Crippen molar-refractivity contribution >= 4 is 11.8 Å². The predicted molar refractivity (Wildman–Crippen MR) is 77.1 cm³/mol. The highest BCUT2D eigenvalue weighted by Gasteiger charge is 2.42. The van der Waals surface area contributed by atoms with E-state index in [9.17, 15) is 9.59 Å². The zero-order chi connectivity index (χ0) is 14.8. The van der Waals surface area contributed by atoms with Crippen LogP contribution in [0.25, 0.3) is 0 Å². The first kappa shape index (κ1) is 15.3. The Kier molecular flexibility index (Phi) is 4.65. The molecule has 0 radical (unpaired) electrons. The second-order valence-electron chi connectivity index (χ2n) is 6.22. The van der Waals surface area contributed by atoms with Crippen LogP contribution in [0, 0.1) is 0 Å². The van der Waals surface area contributed by atoms with E-state index in [0.717, 1.165) is 45.3 Å². The molecule has 0 spiro atoms. The molecule has 2 aliphatic rings. The summed E-state index contributed by atoms with van der Waals surface area (Å²) in [5, 5.41) is 0. The minimum atomic E-state index is -0.603. The average molecular weight is 282 g/mol. The molecule has 114 valence electrons. The van der Waals surface area contributed by atoms with E-state index in [1.54, 1.807) is 19.0 Å². The molecule has 2 N–H and O–H groups in total. The number of likely N-dealkylation sites (N-methyl/N-ethyl adjacent to an activating group) is 1. The van der Waals surface area contributed by atoms with Crippen molar-refractivity contribution in [2.45, 2.75) is 31.2 Å². The van der Waals surface area contributed by atoms with Gasteiger partial charge in [0, 0.05) is 40.3 Å². The van der Waals surface area contributed by atoms with E-state index < -0.39 is 5.54 Å². The Balaban J connectivity index is 1.86. The Labute approximate surface area is 120 Å². The van der Waals surface area contributed by atoms with Crippen LogP contribution in [0.3, 0.4) is 0 Å². The van der Waals surface area contributed by atoms with Crippen molar-refractivity contribution in [2.75, 3.05) is 46.8 Å². The van der Waals surface area contributed by atoms with Gasteiger partial charge in [-0.2, -0.15) is 0 Å². The number of amides is 2. The lowest BCUT2D eigenvalue weighted by atomic mass is 9.76. The molecule has 2 amide bonds. The van der Waals surface area contributed by atoms with Gasteiger partial charge in [0.25, 0.3) is 0 Å². The Morgan fingerprint density at radius 1 is 1.10 bits per heavy atom. The minimum absolute atomic E-state index is 0.101. The van der Waals surface area contributed by atoms with Crippen molar-refractivity contribution in [2.24, 2.45) is 5.73 Å². The molecule has 0 aromatic rings. The van der Waals surface area contributed by atoms with Crippen molar-refractivity contribution < 1.29 is 9.59 Å². The van der Waals surface area contributed by atoms with E-state index in [4.69, 9.17) is 5.73 Å². The average Bonchev–Trinajstić information content (AvgIpc) is 2.60. The number of carbonyl (C=O) groups excluding carboxylic acids is 2. The van der Waals surface area contributed by atoms with Crippen LogP contribution in [0.1, 0.15) is 25.7 Å². The maximum Gasteiger partial charge on any atom is 0.242 e. The Hall–Kier alpha value is -1.14. The van der Waals surface area contributed by atoms with E-state index in [-0.39, 0.29) is 11.8 Å². The lowest BCUT2D eigenvalue weighted by Gasteiger charge is -2.40. The fraction of sp³-hybridized carbons (Fsp3) is 0.857. The second-order valence-corrected chi connectivity index (χ2v) is 6.22. The summed E-state index contributed by atoms with van der Waals surface area (Å²) in [7, 11) is 3.54. The highest BCUT2D eigenvalue weighted by molar-refractivity contribution is 5.87. The van der Waals surface area contributed by atoms with Crippen molar-refractivity contribution in [3.63, 3.8) is 0 Å².